The van der Waals surface area contributed by atoms with Crippen LogP contribution in [0.15, 0.2) is 54.6 Å². The van der Waals surface area contributed by atoms with Gasteiger partial charge in [-0.25, -0.2) is 8.42 Å². The Kier molecular flexibility index (Phi) is 6.74. The van der Waals surface area contributed by atoms with Gasteiger partial charge in [0.15, 0.2) is 0 Å². The number of hydrogen-bond acceptors (Lipinski definition) is 4. The summed E-state index contributed by atoms with van der Waals surface area (Å²) >= 11 is 0. The van der Waals surface area contributed by atoms with Crippen molar-refractivity contribution >= 4 is 15.9 Å². The zero-order valence-electron chi connectivity index (χ0n) is 18.1. The normalized spacial score (nSPS) is 20.8. The Morgan fingerprint density at radius 1 is 0.968 bits per heavy atom. The number of likely N-dealkylation sites (tertiary alicyclic amines) is 1. The number of nitrogens with zero attached hydrogens (tertiary/aromatic N) is 3. The Morgan fingerprint density at radius 3 is 2.42 bits per heavy atom. The van der Waals surface area contributed by atoms with E-state index in [9.17, 15) is 13.2 Å². The fourth-order valence-electron chi connectivity index (χ4n) is 4.64. The van der Waals surface area contributed by atoms with Crippen molar-refractivity contribution in [2.75, 3.05) is 39.3 Å². The van der Waals surface area contributed by atoms with Gasteiger partial charge in [0, 0.05) is 32.2 Å². The Balaban J connectivity index is 1.32. The number of amides is 1. The monoisotopic (exact) mass is 441 g/mol. The van der Waals surface area contributed by atoms with Crippen LogP contribution in [0.4, 0.5) is 0 Å². The van der Waals surface area contributed by atoms with Gasteiger partial charge in [0.1, 0.15) is 0 Å². The third-order valence-corrected chi connectivity index (χ3v) is 8.16. The minimum atomic E-state index is -3.37. The Hall–Kier alpha value is -2.22. The molecule has 1 amide bonds. The first kappa shape index (κ1) is 22.0. The van der Waals surface area contributed by atoms with Crippen molar-refractivity contribution in [3.8, 4) is 0 Å². The van der Waals surface area contributed by atoms with Crippen LogP contribution in [0.2, 0.25) is 0 Å². The maximum atomic E-state index is 13.0. The lowest BCUT2D eigenvalue weighted by atomic mass is 10.0. The lowest BCUT2D eigenvalue weighted by Crippen LogP contribution is -2.52. The first-order valence-electron chi connectivity index (χ1n) is 11.0. The average molecular weight is 442 g/mol. The minimum absolute atomic E-state index is 0.00768. The molecule has 2 aromatic rings. The maximum Gasteiger partial charge on any atom is 0.236 e. The van der Waals surface area contributed by atoms with E-state index in [1.165, 1.54) is 15.4 Å². The second-order valence-corrected chi connectivity index (χ2v) is 10.5. The number of sulfonamides is 1. The number of hydrogen-bond donors (Lipinski definition) is 0. The summed E-state index contributed by atoms with van der Waals surface area (Å²) < 4.78 is 27.0. The summed E-state index contributed by atoms with van der Waals surface area (Å²) in [5.74, 6) is 0.105. The minimum Gasteiger partial charge on any atom is -0.339 e. The molecule has 0 bridgehead atoms. The molecular formula is C24H31N3O3S. The lowest BCUT2D eigenvalue weighted by molar-refractivity contribution is -0.133. The van der Waals surface area contributed by atoms with Crippen molar-refractivity contribution in [2.45, 2.75) is 31.6 Å². The molecule has 0 spiro atoms. The molecule has 1 unspecified atom stereocenters. The van der Waals surface area contributed by atoms with Crippen LogP contribution in [0.1, 0.15) is 35.6 Å². The molecule has 0 N–H and O–H groups in total. The Morgan fingerprint density at radius 2 is 1.71 bits per heavy atom. The number of aryl methyl sites for hydroxylation is 1. The van der Waals surface area contributed by atoms with Crippen molar-refractivity contribution in [2.24, 2.45) is 0 Å². The van der Waals surface area contributed by atoms with Gasteiger partial charge in [0.25, 0.3) is 0 Å². The third-order valence-electron chi connectivity index (χ3n) is 6.31. The van der Waals surface area contributed by atoms with Gasteiger partial charge in [-0.2, -0.15) is 4.31 Å². The molecule has 2 aliphatic heterocycles. The van der Waals surface area contributed by atoms with Crippen LogP contribution in [0.25, 0.3) is 0 Å². The second-order valence-electron chi connectivity index (χ2n) is 8.56. The van der Waals surface area contributed by atoms with E-state index in [1.807, 2.05) is 35.2 Å². The van der Waals surface area contributed by atoms with E-state index in [-0.39, 0.29) is 17.7 Å². The van der Waals surface area contributed by atoms with Gasteiger partial charge in [-0.05, 0) is 37.4 Å². The number of carbonyl (C=O) groups excluding carboxylic acids is 1. The number of benzene rings is 2. The third kappa shape index (κ3) is 5.34. The fraction of sp³-hybridized carbons (Fsp3) is 0.458. The standard InChI is InChI=1S/C24H31N3O3S/c1-20-7-5-10-22(17-20)23-11-6-12-26(23)18-24(28)25-13-15-27(16-14-25)31(29,30)19-21-8-3-2-4-9-21/h2-5,7-10,17,23H,6,11-16,18-19H2,1H3. The van der Waals surface area contributed by atoms with Gasteiger partial charge >= 0.3 is 0 Å². The van der Waals surface area contributed by atoms with Crippen LogP contribution in [-0.2, 0) is 20.6 Å². The molecule has 2 fully saturated rings. The molecule has 2 heterocycles. The van der Waals surface area contributed by atoms with Crippen LogP contribution in [0.3, 0.4) is 0 Å². The predicted octanol–water partition coefficient (Wildman–Crippen LogP) is 2.81. The Bertz CT molecular complexity index is 1000. The highest BCUT2D eigenvalue weighted by molar-refractivity contribution is 7.88. The van der Waals surface area contributed by atoms with Crippen LogP contribution in [-0.4, -0.2) is 67.7 Å². The maximum absolute atomic E-state index is 13.0. The lowest BCUT2D eigenvalue weighted by Gasteiger charge is -2.35. The Labute approximate surface area is 185 Å². The smallest absolute Gasteiger partial charge is 0.236 e. The summed E-state index contributed by atoms with van der Waals surface area (Å²) in [4.78, 5) is 17.1. The first-order chi connectivity index (χ1) is 14.9. The summed E-state index contributed by atoms with van der Waals surface area (Å²) in [6.45, 7) is 5.06. The van der Waals surface area contributed by atoms with E-state index >= 15 is 0 Å². The van der Waals surface area contributed by atoms with E-state index in [0.29, 0.717) is 32.7 Å². The molecule has 31 heavy (non-hydrogen) atoms. The van der Waals surface area contributed by atoms with E-state index in [1.54, 1.807) is 0 Å². The molecule has 0 saturated carbocycles. The quantitative estimate of drug-likeness (QED) is 0.692. The highest BCUT2D eigenvalue weighted by atomic mass is 32.2. The highest BCUT2D eigenvalue weighted by Gasteiger charge is 2.32. The van der Waals surface area contributed by atoms with Crippen LogP contribution < -0.4 is 0 Å². The molecule has 4 rings (SSSR count). The van der Waals surface area contributed by atoms with Crippen molar-refractivity contribution in [1.82, 2.24) is 14.1 Å². The highest BCUT2D eigenvalue weighted by Crippen LogP contribution is 2.32. The topological polar surface area (TPSA) is 60.9 Å². The number of carbonyl (C=O) groups is 1. The fourth-order valence-corrected chi connectivity index (χ4v) is 6.15. The van der Waals surface area contributed by atoms with Gasteiger partial charge in [-0.3, -0.25) is 9.69 Å². The SMILES string of the molecule is Cc1cccc(C2CCCN2CC(=O)N2CCN(S(=O)(=O)Cc3ccccc3)CC2)c1. The molecule has 0 aliphatic carbocycles. The van der Waals surface area contributed by atoms with Crippen molar-refractivity contribution < 1.29 is 13.2 Å². The van der Waals surface area contributed by atoms with Gasteiger partial charge in [-0.1, -0.05) is 60.2 Å². The van der Waals surface area contributed by atoms with Crippen molar-refractivity contribution in [1.29, 1.82) is 0 Å². The first-order valence-corrected chi connectivity index (χ1v) is 12.6. The second kappa shape index (κ2) is 9.51. The van der Waals surface area contributed by atoms with Gasteiger partial charge in [-0.15, -0.1) is 0 Å². The molecule has 7 heteroatoms. The van der Waals surface area contributed by atoms with Crippen molar-refractivity contribution in [3.63, 3.8) is 0 Å². The number of piperazine rings is 1. The van der Waals surface area contributed by atoms with Crippen molar-refractivity contribution in [3.05, 3.63) is 71.3 Å². The van der Waals surface area contributed by atoms with E-state index in [4.69, 9.17) is 0 Å². The van der Waals surface area contributed by atoms with Crippen LogP contribution in [0, 0.1) is 6.92 Å². The summed E-state index contributed by atoms with van der Waals surface area (Å²) in [7, 11) is -3.37. The summed E-state index contributed by atoms with van der Waals surface area (Å²) in [5, 5.41) is 0. The van der Waals surface area contributed by atoms with Crippen LogP contribution in [0.5, 0.6) is 0 Å². The van der Waals surface area contributed by atoms with E-state index in [0.717, 1.165) is 24.9 Å². The molecular weight excluding hydrogens is 410 g/mol. The summed E-state index contributed by atoms with van der Waals surface area (Å²) in [5.41, 5.74) is 3.31. The summed E-state index contributed by atoms with van der Waals surface area (Å²) in [6, 6.07) is 18.1. The molecule has 0 aromatic heterocycles. The van der Waals surface area contributed by atoms with Gasteiger partial charge < -0.3 is 4.90 Å². The molecule has 166 valence electrons. The largest absolute Gasteiger partial charge is 0.339 e. The van der Waals surface area contributed by atoms with E-state index < -0.39 is 10.0 Å². The van der Waals surface area contributed by atoms with Crippen LogP contribution >= 0.6 is 0 Å². The van der Waals surface area contributed by atoms with E-state index in [2.05, 4.69) is 36.1 Å². The molecule has 2 aliphatic rings. The van der Waals surface area contributed by atoms with Gasteiger partial charge in [0.2, 0.25) is 15.9 Å². The predicted molar refractivity (Wildman–Crippen MR) is 122 cm³/mol. The zero-order valence-corrected chi connectivity index (χ0v) is 18.9. The molecule has 0 radical (unpaired) electrons. The summed E-state index contributed by atoms with van der Waals surface area (Å²) in [6.07, 6.45) is 2.17. The molecule has 2 saturated heterocycles. The molecule has 6 nitrogen and oxygen atoms in total. The molecule has 2 aromatic carbocycles. The number of rotatable bonds is 6. The van der Waals surface area contributed by atoms with Gasteiger partial charge in [0.05, 0.1) is 12.3 Å². The zero-order chi connectivity index (χ0) is 21.8. The molecule has 1 atom stereocenters. The average Bonchev–Trinajstić information content (AvgIpc) is 3.22.